The summed E-state index contributed by atoms with van der Waals surface area (Å²) < 4.78 is 9.71. The number of nitrogens with zero attached hydrogens (tertiary/aromatic N) is 3. The molecule has 8 heteroatoms. The third kappa shape index (κ3) is 2.54. The molecule has 0 amide bonds. The molecule has 0 spiro atoms. The first-order valence-electron chi connectivity index (χ1n) is 5.34. The van der Waals surface area contributed by atoms with Gasteiger partial charge in [0.25, 0.3) is 11.7 Å². The van der Waals surface area contributed by atoms with Crippen LogP contribution in [0.4, 0.5) is 0 Å². The normalized spacial score (nSPS) is 12.4. The van der Waals surface area contributed by atoms with Gasteiger partial charge in [0.1, 0.15) is 10.7 Å². The Morgan fingerprint density at radius 1 is 1.61 bits per heavy atom. The number of carbonyl (C=O) groups excluding carboxylic acids is 1. The first kappa shape index (κ1) is 12.7. The standard InChI is InChI=1S/C10H12N4O3S/c1-3-16-10(15)7-13-8(17-14-7)6-4-18-9(12-6)5(2)11/h4-5H,3,11H2,1-2H3. The molecule has 0 aliphatic heterocycles. The third-order valence-corrected chi connectivity index (χ3v) is 3.06. The predicted octanol–water partition coefficient (Wildman–Crippen LogP) is 1.39. The highest BCUT2D eigenvalue weighted by atomic mass is 32.1. The van der Waals surface area contributed by atoms with E-state index in [0.717, 1.165) is 5.01 Å². The smallest absolute Gasteiger partial charge is 0.379 e. The van der Waals surface area contributed by atoms with Crippen LogP contribution in [0.25, 0.3) is 11.6 Å². The van der Waals surface area contributed by atoms with Gasteiger partial charge in [-0.2, -0.15) is 4.98 Å². The maximum atomic E-state index is 11.4. The van der Waals surface area contributed by atoms with Crippen molar-refractivity contribution in [3.8, 4) is 11.6 Å². The van der Waals surface area contributed by atoms with Gasteiger partial charge < -0.3 is 15.0 Å². The Morgan fingerprint density at radius 3 is 3.00 bits per heavy atom. The van der Waals surface area contributed by atoms with Gasteiger partial charge in [-0.15, -0.1) is 11.3 Å². The highest BCUT2D eigenvalue weighted by molar-refractivity contribution is 7.10. The number of ether oxygens (including phenoxy) is 1. The Hall–Kier alpha value is -1.80. The minimum absolute atomic E-state index is 0.109. The summed E-state index contributed by atoms with van der Waals surface area (Å²) in [7, 11) is 0. The molecule has 0 aromatic carbocycles. The molecular formula is C10H12N4O3S. The van der Waals surface area contributed by atoms with E-state index in [2.05, 4.69) is 15.1 Å². The Morgan fingerprint density at radius 2 is 2.39 bits per heavy atom. The van der Waals surface area contributed by atoms with E-state index < -0.39 is 5.97 Å². The molecule has 0 saturated heterocycles. The lowest BCUT2D eigenvalue weighted by Crippen LogP contribution is -2.06. The van der Waals surface area contributed by atoms with E-state index >= 15 is 0 Å². The molecular weight excluding hydrogens is 256 g/mol. The predicted molar refractivity (Wildman–Crippen MR) is 64.0 cm³/mol. The molecule has 7 nitrogen and oxygen atoms in total. The second-order valence-electron chi connectivity index (χ2n) is 3.50. The van der Waals surface area contributed by atoms with Crippen molar-refractivity contribution in [2.45, 2.75) is 19.9 Å². The number of carbonyl (C=O) groups is 1. The number of thiazole rings is 1. The fourth-order valence-corrected chi connectivity index (χ4v) is 1.95. The van der Waals surface area contributed by atoms with E-state index in [1.807, 2.05) is 6.92 Å². The van der Waals surface area contributed by atoms with E-state index in [4.69, 9.17) is 15.0 Å². The molecule has 96 valence electrons. The van der Waals surface area contributed by atoms with Crippen molar-refractivity contribution in [3.63, 3.8) is 0 Å². The van der Waals surface area contributed by atoms with Crippen LogP contribution in [0.5, 0.6) is 0 Å². The number of hydrogen-bond acceptors (Lipinski definition) is 8. The first-order chi connectivity index (χ1) is 8.61. The summed E-state index contributed by atoms with van der Waals surface area (Å²) in [6.07, 6.45) is 0. The van der Waals surface area contributed by atoms with Crippen LogP contribution in [0.3, 0.4) is 0 Å². The SMILES string of the molecule is CCOC(=O)c1noc(-c2csc(C(C)N)n2)n1. The average Bonchev–Trinajstić information content (AvgIpc) is 2.98. The van der Waals surface area contributed by atoms with Gasteiger partial charge in [0.15, 0.2) is 0 Å². The van der Waals surface area contributed by atoms with Crippen molar-refractivity contribution in [1.29, 1.82) is 0 Å². The minimum atomic E-state index is -0.616. The largest absolute Gasteiger partial charge is 0.460 e. The lowest BCUT2D eigenvalue weighted by molar-refractivity contribution is 0.0508. The minimum Gasteiger partial charge on any atom is -0.460 e. The summed E-state index contributed by atoms with van der Waals surface area (Å²) >= 11 is 1.40. The van der Waals surface area contributed by atoms with Crippen LogP contribution in [0.1, 0.15) is 35.5 Å². The lowest BCUT2D eigenvalue weighted by Gasteiger charge is -1.95. The van der Waals surface area contributed by atoms with Crippen molar-refractivity contribution in [1.82, 2.24) is 15.1 Å². The van der Waals surface area contributed by atoms with Crippen LogP contribution in [0.2, 0.25) is 0 Å². The van der Waals surface area contributed by atoms with Crippen molar-refractivity contribution < 1.29 is 14.1 Å². The molecule has 0 bridgehead atoms. The van der Waals surface area contributed by atoms with Crippen molar-refractivity contribution in [2.75, 3.05) is 6.61 Å². The zero-order valence-electron chi connectivity index (χ0n) is 9.91. The van der Waals surface area contributed by atoms with Gasteiger partial charge >= 0.3 is 5.97 Å². The van der Waals surface area contributed by atoms with E-state index in [-0.39, 0.29) is 24.4 Å². The average molecular weight is 268 g/mol. The monoisotopic (exact) mass is 268 g/mol. The Bertz CT molecular complexity index is 549. The Balaban J connectivity index is 2.21. The number of nitrogens with two attached hydrogens (primary N) is 1. The number of hydrogen-bond donors (Lipinski definition) is 1. The maximum Gasteiger partial charge on any atom is 0.379 e. The number of rotatable bonds is 4. The highest BCUT2D eigenvalue weighted by Gasteiger charge is 2.18. The van der Waals surface area contributed by atoms with Gasteiger partial charge in [0, 0.05) is 5.38 Å². The van der Waals surface area contributed by atoms with Crippen LogP contribution in [0.15, 0.2) is 9.90 Å². The summed E-state index contributed by atoms with van der Waals surface area (Å²) in [4.78, 5) is 19.5. The topological polar surface area (TPSA) is 104 Å². The molecule has 2 aromatic heterocycles. The second kappa shape index (κ2) is 5.23. The van der Waals surface area contributed by atoms with Crippen LogP contribution in [0, 0.1) is 0 Å². The van der Waals surface area contributed by atoms with Crippen LogP contribution in [-0.2, 0) is 4.74 Å². The summed E-state index contributed by atoms with van der Waals surface area (Å²) in [6.45, 7) is 3.79. The molecule has 1 unspecified atom stereocenters. The fraction of sp³-hybridized carbons (Fsp3) is 0.400. The molecule has 2 rings (SSSR count). The first-order valence-corrected chi connectivity index (χ1v) is 6.22. The van der Waals surface area contributed by atoms with Crippen LogP contribution >= 0.6 is 11.3 Å². The number of aromatic nitrogens is 3. The molecule has 0 saturated carbocycles. The quantitative estimate of drug-likeness (QED) is 0.835. The van der Waals surface area contributed by atoms with E-state index in [9.17, 15) is 4.79 Å². The fourth-order valence-electron chi connectivity index (χ4n) is 1.20. The Kier molecular flexibility index (Phi) is 3.68. The third-order valence-electron chi connectivity index (χ3n) is 2.01. The van der Waals surface area contributed by atoms with E-state index in [0.29, 0.717) is 5.69 Å². The summed E-state index contributed by atoms with van der Waals surface area (Å²) in [5, 5.41) is 6.05. The maximum absolute atomic E-state index is 11.4. The van der Waals surface area contributed by atoms with Gasteiger partial charge in [-0.1, -0.05) is 0 Å². The van der Waals surface area contributed by atoms with Crippen LogP contribution < -0.4 is 5.73 Å². The summed E-state index contributed by atoms with van der Waals surface area (Å²) in [6, 6.07) is -0.156. The van der Waals surface area contributed by atoms with Crippen molar-refractivity contribution in [3.05, 3.63) is 16.2 Å². The molecule has 0 aliphatic rings. The zero-order valence-corrected chi connectivity index (χ0v) is 10.7. The molecule has 1 atom stereocenters. The Labute approximate surface area is 107 Å². The van der Waals surface area contributed by atoms with E-state index in [1.165, 1.54) is 11.3 Å². The van der Waals surface area contributed by atoms with Gasteiger partial charge in [-0.3, -0.25) is 0 Å². The molecule has 0 fully saturated rings. The van der Waals surface area contributed by atoms with Gasteiger partial charge in [-0.05, 0) is 19.0 Å². The molecule has 2 N–H and O–H groups in total. The summed E-state index contributed by atoms with van der Waals surface area (Å²) in [5.74, 6) is -0.543. The van der Waals surface area contributed by atoms with E-state index in [1.54, 1.807) is 12.3 Å². The summed E-state index contributed by atoms with van der Waals surface area (Å²) in [5.41, 5.74) is 6.21. The van der Waals surface area contributed by atoms with Gasteiger partial charge in [0.05, 0.1) is 12.6 Å². The molecule has 18 heavy (non-hydrogen) atoms. The molecule has 0 aliphatic carbocycles. The van der Waals surface area contributed by atoms with Crippen LogP contribution in [-0.4, -0.2) is 27.7 Å². The van der Waals surface area contributed by atoms with Gasteiger partial charge in [-0.25, -0.2) is 9.78 Å². The molecule has 0 radical (unpaired) electrons. The highest BCUT2D eigenvalue weighted by Crippen LogP contribution is 2.23. The lowest BCUT2D eigenvalue weighted by atomic mass is 10.4. The van der Waals surface area contributed by atoms with Crippen molar-refractivity contribution >= 4 is 17.3 Å². The molecule has 2 aromatic rings. The van der Waals surface area contributed by atoms with Gasteiger partial charge in [0.2, 0.25) is 0 Å². The molecule has 2 heterocycles. The second-order valence-corrected chi connectivity index (χ2v) is 4.39. The van der Waals surface area contributed by atoms with Crippen molar-refractivity contribution in [2.24, 2.45) is 5.73 Å². The zero-order chi connectivity index (χ0) is 13.1. The number of esters is 1.